The van der Waals surface area contributed by atoms with Crippen molar-refractivity contribution < 1.29 is 23.5 Å². The molecule has 0 saturated carbocycles. The molecule has 3 rings (SSSR count). The summed E-state index contributed by atoms with van der Waals surface area (Å²) in [5, 5.41) is 3.65. The highest BCUT2D eigenvalue weighted by Gasteiger charge is 2.14. The van der Waals surface area contributed by atoms with E-state index >= 15 is 0 Å². The number of aryl methyl sites for hydroxylation is 2. The molecule has 1 N–H and O–H groups in total. The second kappa shape index (κ2) is 9.28. The summed E-state index contributed by atoms with van der Waals surface area (Å²) in [4.78, 5) is 24.0. The zero-order valence-electron chi connectivity index (χ0n) is 16.9. The number of benzene rings is 2. The lowest BCUT2D eigenvalue weighted by Crippen LogP contribution is -2.30. The Balaban J connectivity index is 1.43. The van der Waals surface area contributed by atoms with Crippen molar-refractivity contribution in [3.8, 4) is 5.75 Å². The van der Waals surface area contributed by atoms with Gasteiger partial charge in [-0.15, -0.1) is 0 Å². The van der Waals surface area contributed by atoms with Crippen LogP contribution in [0.15, 0.2) is 47.1 Å². The van der Waals surface area contributed by atoms with E-state index in [1.54, 1.807) is 13.4 Å². The largest absolute Gasteiger partial charge is 0.497 e. The Labute approximate surface area is 169 Å². The van der Waals surface area contributed by atoms with Gasteiger partial charge in [-0.05, 0) is 49.1 Å². The average molecular weight is 395 g/mol. The molecule has 1 amide bonds. The zero-order chi connectivity index (χ0) is 20.8. The Morgan fingerprint density at radius 2 is 1.83 bits per heavy atom. The summed E-state index contributed by atoms with van der Waals surface area (Å²) in [5.74, 6) is 0.00649. The van der Waals surface area contributed by atoms with Crippen LogP contribution < -0.4 is 10.1 Å². The number of nitrogens with one attached hydrogen (secondary N) is 1. The van der Waals surface area contributed by atoms with Crippen LogP contribution in [0.2, 0.25) is 0 Å². The third kappa shape index (κ3) is 5.16. The van der Waals surface area contributed by atoms with Gasteiger partial charge in [0.25, 0.3) is 5.91 Å². The average Bonchev–Trinajstić information content (AvgIpc) is 3.13. The van der Waals surface area contributed by atoms with Gasteiger partial charge in [0, 0.05) is 17.5 Å². The van der Waals surface area contributed by atoms with Crippen LogP contribution in [0.25, 0.3) is 11.0 Å². The highest BCUT2D eigenvalue weighted by atomic mass is 16.5. The predicted molar refractivity (Wildman–Crippen MR) is 110 cm³/mol. The number of ether oxygens (including phenoxy) is 2. The smallest absolute Gasteiger partial charge is 0.310 e. The summed E-state index contributed by atoms with van der Waals surface area (Å²) < 4.78 is 15.8. The van der Waals surface area contributed by atoms with Crippen LogP contribution >= 0.6 is 0 Å². The minimum Gasteiger partial charge on any atom is -0.497 e. The van der Waals surface area contributed by atoms with Gasteiger partial charge in [-0.3, -0.25) is 9.59 Å². The lowest BCUT2D eigenvalue weighted by Gasteiger charge is -2.07. The van der Waals surface area contributed by atoms with Crippen molar-refractivity contribution in [1.82, 2.24) is 5.32 Å². The number of carbonyl (C=O) groups is 2. The van der Waals surface area contributed by atoms with Crippen molar-refractivity contribution in [2.75, 3.05) is 20.3 Å². The molecular weight excluding hydrogens is 370 g/mol. The molecule has 2 aromatic carbocycles. The van der Waals surface area contributed by atoms with Gasteiger partial charge >= 0.3 is 5.97 Å². The van der Waals surface area contributed by atoms with Crippen LogP contribution in [-0.4, -0.2) is 32.1 Å². The molecule has 0 aliphatic carbocycles. The molecule has 152 valence electrons. The molecule has 1 heterocycles. The van der Waals surface area contributed by atoms with Crippen molar-refractivity contribution in [3.05, 3.63) is 64.9 Å². The molecule has 3 aromatic rings. The first-order valence-corrected chi connectivity index (χ1v) is 9.49. The highest BCUT2D eigenvalue weighted by molar-refractivity contribution is 5.89. The Morgan fingerprint density at radius 3 is 2.55 bits per heavy atom. The number of esters is 1. The van der Waals surface area contributed by atoms with Gasteiger partial charge in [0.05, 0.1) is 19.8 Å². The molecule has 1 aromatic heterocycles. The van der Waals surface area contributed by atoms with E-state index in [0.29, 0.717) is 13.0 Å². The first-order chi connectivity index (χ1) is 14.0. The fraction of sp³-hybridized carbons (Fsp3) is 0.304. The van der Waals surface area contributed by atoms with Crippen LogP contribution in [0, 0.1) is 13.8 Å². The van der Waals surface area contributed by atoms with E-state index in [2.05, 4.69) is 5.32 Å². The zero-order valence-corrected chi connectivity index (χ0v) is 16.9. The van der Waals surface area contributed by atoms with Crippen molar-refractivity contribution in [2.45, 2.75) is 26.7 Å². The number of fused-ring (bicyclic) bond motifs is 1. The van der Waals surface area contributed by atoms with Crippen LogP contribution in [0.1, 0.15) is 22.3 Å². The summed E-state index contributed by atoms with van der Waals surface area (Å²) >= 11 is 0. The molecule has 0 atom stereocenters. The molecule has 0 aliphatic heterocycles. The summed E-state index contributed by atoms with van der Waals surface area (Å²) in [5.41, 5.74) is 4.81. The summed E-state index contributed by atoms with van der Waals surface area (Å²) in [6, 6.07) is 11.6. The van der Waals surface area contributed by atoms with E-state index in [-0.39, 0.29) is 18.9 Å². The molecule has 0 bridgehead atoms. The fourth-order valence-corrected chi connectivity index (χ4v) is 3.07. The van der Waals surface area contributed by atoms with Crippen LogP contribution in [0.5, 0.6) is 5.75 Å². The Morgan fingerprint density at radius 1 is 1.07 bits per heavy atom. The first-order valence-electron chi connectivity index (χ1n) is 9.49. The lowest BCUT2D eigenvalue weighted by molar-refractivity contribution is -0.147. The molecule has 0 radical (unpaired) electrons. The minimum atomic E-state index is -0.462. The number of carbonyl (C=O) groups excluding carboxylic acids is 2. The molecule has 0 spiro atoms. The molecule has 0 aliphatic rings. The SMILES string of the molecule is COc1ccc(CCNC(=O)COC(=O)Cc2coc3c(C)c(C)ccc23)cc1. The minimum absolute atomic E-state index is 0.0641. The fourth-order valence-electron chi connectivity index (χ4n) is 3.07. The third-order valence-corrected chi connectivity index (χ3v) is 4.94. The van der Waals surface area contributed by atoms with E-state index in [4.69, 9.17) is 13.9 Å². The molecule has 0 fully saturated rings. The van der Waals surface area contributed by atoms with Crippen molar-refractivity contribution >= 4 is 22.8 Å². The maximum atomic E-state index is 12.1. The third-order valence-electron chi connectivity index (χ3n) is 4.94. The number of hydrogen-bond donors (Lipinski definition) is 1. The van der Waals surface area contributed by atoms with E-state index in [9.17, 15) is 9.59 Å². The van der Waals surface area contributed by atoms with Gasteiger partial charge in [-0.1, -0.05) is 24.3 Å². The van der Waals surface area contributed by atoms with Crippen LogP contribution in [0.3, 0.4) is 0 Å². The van der Waals surface area contributed by atoms with Crippen LogP contribution in [0.4, 0.5) is 0 Å². The normalized spacial score (nSPS) is 10.7. The number of furan rings is 1. The molecule has 6 heteroatoms. The summed E-state index contributed by atoms with van der Waals surface area (Å²) in [6.45, 7) is 4.17. The first kappa shape index (κ1) is 20.5. The monoisotopic (exact) mass is 395 g/mol. The number of methoxy groups -OCH3 is 1. The van der Waals surface area contributed by atoms with Gasteiger partial charge in [0.15, 0.2) is 6.61 Å². The molecular formula is C23H25NO5. The molecule has 29 heavy (non-hydrogen) atoms. The van der Waals surface area contributed by atoms with Gasteiger partial charge in [-0.25, -0.2) is 0 Å². The Hall–Kier alpha value is -3.28. The van der Waals surface area contributed by atoms with E-state index in [1.165, 1.54) is 0 Å². The van der Waals surface area contributed by atoms with Crippen LogP contribution in [-0.2, 0) is 27.2 Å². The summed E-state index contributed by atoms with van der Waals surface area (Å²) in [7, 11) is 1.62. The van der Waals surface area contributed by atoms with Gasteiger partial charge in [0.2, 0.25) is 0 Å². The maximum Gasteiger partial charge on any atom is 0.310 e. The van der Waals surface area contributed by atoms with Crippen molar-refractivity contribution in [3.63, 3.8) is 0 Å². The van der Waals surface area contributed by atoms with Gasteiger partial charge in [0.1, 0.15) is 11.3 Å². The van der Waals surface area contributed by atoms with Gasteiger partial charge < -0.3 is 19.2 Å². The van der Waals surface area contributed by atoms with Gasteiger partial charge in [-0.2, -0.15) is 0 Å². The van der Waals surface area contributed by atoms with E-state index in [0.717, 1.165) is 39.0 Å². The molecule has 0 saturated heterocycles. The predicted octanol–water partition coefficient (Wildman–Crippen LogP) is 3.50. The highest BCUT2D eigenvalue weighted by Crippen LogP contribution is 2.26. The van der Waals surface area contributed by atoms with E-state index < -0.39 is 5.97 Å². The van der Waals surface area contributed by atoms with Crippen molar-refractivity contribution in [1.29, 1.82) is 0 Å². The molecule has 6 nitrogen and oxygen atoms in total. The van der Waals surface area contributed by atoms with Crippen molar-refractivity contribution in [2.24, 2.45) is 0 Å². The Bertz CT molecular complexity index is 1000. The number of rotatable bonds is 8. The maximum absolute atomic E-state index is 12.1. The standard InChI is InChI=1S/C23H25NO5/c1-15-4-9-20-18(13-29-23(20)16(15)2)12-22(26)28-14-21(25)24-11-10-17-5-7-19(27-3)8-6-17/h4-9,13H,10-12,14H2,1-3H3,(H,24,25). The summed E-state index contributed by atoms with van der Waals surface area (Å²) in [6.07, 6.45) is 2.32. The lowest BCUT2D eigenvalue weighted by atomic mass is 10.0. The van der Waals surface area contributed by atoms with E-state index in [1.807, 2.05) is 50.2 Å². The second-order valence-electron chi connectivity index (χ2n) is 6.93. The Kier molecular flexibility index (Phi) is 6.54. The topological polar surface area (TPSA) is 77.8 Å². The molecule has 0 unspecified atom stereocenters. The number of amides is 1. The quantitative estimate of drug-likeness (QED) is 0.591. The number of hydrogen-bond acceptors (Lipinski definition) is 5. The second-order valence-corrected chi connectivity index (χ2v) is 6.93.